The van der Waals surface area contributed by atoms with Gasteiger partial charge < -0.3 is 4.74 Å². The number of rotatable bonds is 2. The number of nitrogens with zero attached hydrogens (tertiary/aromatic N) is 3. The van der Waals surface area contributed by atoms with Crippen LogP contribution in [0.1, 0.15) is 0 Å². The van der Waals surface area contributed by atoms with Crippen molar-refractivity contribution < 1.29 is 4.74 Å². The first kappa shape index (κ1) is 12.0. The summed E-state index contributed by atoms with van der Waals surface area (Å²) in [5, 5.41) is 0. The van der Waals surface area contributed by atoms with Crippen LogP contribution in [0.5, 0.6) is 5.75 Å². The summed E-state index contributed by atoms with van der Waals surface area (Å²) in [5.41, 5.74) is 3.19. The van der Waals surface area contributed by atoms with E-state index in [4.69, 9.17) is 4.74 Å². The zero-order chi connectivity index (χ0) is 13.2. The molecule has 0 aliphatic carbocycles. The van der Waals surface area contributed by atoms with E-state index < -0.39 is 0 Å². The van der Waals surface area contributed by atoms with Crippen molar-refractivity contribution >= 4 is 27.1 Å². The molecule has 0 saturated carbocycles. The maximum Gasteiger partial charge on any atom is 0.178 e. The Morgan fingerprint density at radius 1 is 1.05 bits per heavy atom. The molecule has 0 fully saturated rings. The van der Waals surface area contributed by atoms with E-state index in [0.29, 0.717) is 5.65 Å². The lowest BCUT2D eigenvalue weighted by molar-refractivity contribution is 0.415. The van der Waals surface area contributed by atoms with Crippen LogP contribution in [0, 0.1) is 0 Å². The molecule has 0 bridgehead atoms. The van der Waals surface area contributed by atoms with Crippen molar-refractivity contribution in [1.82, 2.24) is 15.0 Å². The van der Waals surface area contributed by atoms with Crippen LogP contribution < -0.4 is 4.74 Å². The van der Waals surface area contributed by atoms with Gasteiger partial charge in [0.1, 0.15) is 11.3 Å². The molecular formula is C14H10BrN3O. The first-order chi connectivity index (χ1) is 9.26. The van der Waals surface area contributed by atoms with Crippen LogP contribution in [0.15, 0.2) is 47.2 Å². The van der Waals surface area contributed by atoms with Gasteiger partial charge in [0.05, 0.1) is 19.0 Å². The van der Waals surface area contributed by atoms with E-state index in [1.54, 1.807) is 19.5 Å². The minimum absolute atomic E-state index is 0.636. The van der Waals surface area contributed by atoms with Gasteiger partial charge >= 0.3 is 0 Å². The highest BCUT2D eigenvalue weighted by Gasteiger charge is 2.04. The topological polar surface area (TPSA) is 47.9 Å². The second-order valence-corrected chi connectivity index (χ2v) is 4.90. The second kappa shape index (κ2) is 4.93. The fourth-order valence-electron chi connectivity index (χ4n) is 1.78. The Labute approximate surface area is 118 Å². The Morgan fingerprint density at radius 3 is 2.58 bits per heavy atom. The average Bonchev–Trinajstić information content (AvgIpc) is 2.47. The minimum atomic E-state index is 0.636. The normalized spacial score (nSPS) is 10.6. The Hall–Kier alpha value is -2.01. The van der Waals surface area contributed by atoms with Crippen molar-refractivity contribution in [2.24, 2.45) is 0 Å². The third-order valence-corrected chi connectivity index (χ3v) is 3.19. The van der Waals surface area contributed by atoms with Crippen molar-refractivity contribution in [3.05, 3.63) is 47.2 Å². The summed E-state index contributed by atoms with van der Waals surface area (Å²) < 4.78 is 6.03. The molecule has 4 nitrogen and oxygen atoms in total. The summed E-state index contributed by atoms with van der Waals surface area (Å²) in [6.45, 7) is 0. The summed E-state index contributed by atoms with van der Waals surface area (Å²) in [4.78, 5) is 13.1. The lowest BCUT2D eigenvalue weighted by atomic mass is 10.1. The third kappa shape index (κ3) is 2.42. The van der Waals surface area contributed by atoms with Gasteiger partial charge in [0.25, 0.3) is 0 Å². The van der Waals surface area contributed by atoms with Gasteiger partial charge in [0.2, 0.25) is 0 Å². The summed E-state index contributed by atoms with van der Waals surface area (Å²) in [7, 11) is 1.65. The van der Waals surface area contributed by atoms with Crippen molar-refractivity contribution in [1.29, 1.82) is 0 Å². The monoisotopic (exact) mass is 315 g/mol. The Bertz CT molecular complexity index is 728. The average molecular weight is 316 g/mol. The zero-order valence-corrected chi connectivity index (χ0v) is 11.8. The molecule has 0 N–H and O–H groups in total. The molecule has 0 aliphatic heterocycles. The van der Waals surface area contributed by atoms with Crippen LogP contribution >= 0.6 is 15.9 Å². The van der Waals surface area contributed by atoms with Crippen LogP contribution in [0.3, 0.4) is 0 Å². The lowest BCUT2D eigenvalue weighted by Crippen LogP contribution is -1.91. The van der Waals surface area contributed by atoms with E-state index in [9.17, 15) is 0 Å². The van der Waals surface area contributed by atoms with E-state index in [-0.39, 0.29) is 0 Å². The SMILES string of the molecule is COc1ccc(-c2cnc3cc(Br)cnc3n2)cc1. The van der Waals surface area contributed by atoms with Crippen LogP contribution in [0.4, 0.5) is 0 Å². The number of fused-ring (bicyclic) bond motifs is 1. The molecule has 0 aliphatic rings. The largest absolute Gasteiger partial charge is 0.497 e. The number of aromatic nitrogens is 3. The number of methoxy groups -OCH3 is 1. The van der Waals surface area contributed by atoms with Gasteiger partial charge in [-0.2, -0.15) is 0 Å². The lowest BCUT2D eigenvalue weighted by Gasteiger charge is -2.04. The number of hydrogen-bond acceptors (Lipinski definition) is 4. The van der Waals surface area contributed by atoms with Gasteiger partial charge in [-0.1, -0.05) is 0 Å². The van der Waals surface area contributed by atoms with Gasteiger partial charge in [-0.3, -0.25) is 4.98 Å². The summed E-state index contributed by atoms with van der Waals surface area (Å²) in [6.07, 6.45) is 3.47. The molecule has 0 amide bonds. The minimum Gasteiger partial charge on any atom is -0.497 e. The summed E-state index contributed by atoms with van der Waals surface area (Å²) in [6, 6.07) is 9.60. The second-order valence-electron chi connectivity index (χ2n) is 3.98. The van der Waals surface area contributed by atoms with E-state index in [1.165, 1.54) is 0 Å². The van der Waals surface area contributed by atoms with E-state index in [1.807, 2.05) is 30.3 Å². The zero-order valence-electron chi connectivity index (χ0n) is 10.2. The predicted molar refractivity (Wildman–Crippen MR) is 77.0 cm³/mol. The highest BCUT2D eigenvalue weighted by molar-refractivity contribution is 9.10. The molecule has 3 rings (SSSR count). The highest BCUT2D eigenvalue weighted by atomic mass is 79.9. The van der Waals surface area contributed by atoms with Gasteiger partial charge in [0.15, 0.2) is 5.65 Å². The molecular weight excluding hydrogens is 306 g/mol. The van der Waals surface area contributed by atoms with Crippen LogP contribution in [0.25, 0.3) is 22.4 Å². The number of benzene rings is 1. The fourth-order valence-corrected chi connectivity index (χ4v) is 2.10. The maximum absolute atomic E-state index is 5.13. The van der Waals surface area contributed by atoms with E-state index in [2.05, 4.69) is 30.9 Å². The van der Waals surface area contributed by atoms with Crippen LogP contribution in [0.2, 0.25) is 0 Å². The van der Waals surface area contributed by atoms with Gasteiger partial charge in [-0.15, -0.1) is 0 Å². The van der Waals surface area contributed by atoms with E-state index in [0.717, 1.165) is 27.0 Å². The van der Waals surface area contributed by atoms with Gasteiger partial charge in [0, 0.05) is 16.2 Å². The molecule has 0 radical (unpaired) electrons. The molecule has 1 aromatic carbocycles. The number of ether oxygens (including phenoxy) is 1. The standard InChI is InChI=1S/C14H10BrN3O/c1-19-11-4-2-9(3-5-11)13-8-16-12-6-10(15)7-17-14(12)18-13/h2-8H,1H3. The maximum atomic E-state index is 5.13. The van der Waals surface area contributed by atoms with Gasteiger partial charge in [-0.05, 0) is 46.3 Å². The van der Waals surface area contributed by atoms with Crippen molar-refractivity contribution in [2.45, 2.75) is 0 Å². The predicted octanol–water partition coefficient (Wildman–Crippen LogP) is 3.46. The molecule has 3 aromatic rings. The van der Waals surface area contributed by atoms with Crippen molar-refractivity contribution in [2.75, 3.05) is 7.11 Å². The Morgan fingerprint density at radius 2 is 1.84 bits per heavy atom. The third-order valence-electron chi connectivity index (χ3n) is 2.75. The molecule has 0 atom stereocenters. The highest BCUT2D eigenvalue weighted by Crippen LogP contribution is 2.22. The summed E-state index contributed by atoms with van der Waals surface area (Å²) in [5.74, 6) is 0.819. The molecule has 0 spiro atoms. The van der Waals surface area contributed by atoms with Crippen molar-refractivity contribution in [3.8, 4) is 17.0 Å². The molecule has 5 heteroatoms. The number of pyridine rings is 1. The molecule has 2 heterocycles. The molecule has 0 unspecified atom stereocenters. The molecule has 0 saturated heterocycles. The van der Waals surface area contributed by atoms with Crippen LogP contribution in [-0.2, 0) is 0 Å². The van der Waals surface area contributed by atoms with Crippen LogP contribution in [-0.4, -0.2) is 22.1 Å². The van der Waals surface area contributed by atoms with E-state index >= 15 is 0 Å². The molecule has 94 valence electrons. The molecule has 2 aromatic heterocycles. The van der Waals surface area contributed by atoms with Gasteiger partial charge in [-0.25, -0.2) is 9.97 Å². The Kier molecular flexibility index (Phi) is 3.13. The quantitative estimate of drug-likeness (QED) is 0.726. The fraction of sp³-hybridized carbons (Fsp3) is 0.0714. The first-order valence-corrected chi connectivity index (χ1v) is 6.48. The summed E-state index contributed by atoms with van der Waals surface area (Å²) >= 11 is 3.37. The molecule has 19 heavy (non-hydrogen) atoms. The number of hydrogen-bond donors (Lipinski definition) is 0. The number of halogens is 1. The van der Waals surface area contributed by atoms with Crippen molar-refractivity contribution in [3.63, 3.8) is 0 Å². The Balaban J connectivity index is 2.06. The first-order valence-electron chi connectivity index (χ1n) is 5.69. The smallest absolute Gasteiger partial charge is 0.178 e.